The van der Waals surface area contributed by atoms with E-state index in [1.165, 1.54) is 5.56 Å². The van der Waals surface area contributed by atoms with E-state index in [0.29, 0.717) is 6.04 Å². The third-order valence-corrected chi connectivity index (χ3v) is 2.52. The molecule has 0 saturated carbocycles. The monoisotopic (exact) mass is 207 g/mol. The van der Waals surface area contributed by atoms with Crippen LogP contribution in [0.25, 0.3) is 0 Å². The molecule has 84 valence electrons. The molecule has 0 fully saturated rings. The van der Waals surface area contributed by atoms with E-state index in [-0.39, 0.29) is 0 Å². The number of furan rings is 1. The highest BCUT2D eigenvalue weighted by Crippen LogP contribution is 2.23. The fourth-order valence-corrected chi connectivity index (χ4v) is 1.75. The summed E-state index contributed by atoms with van der Waals surface area (Å²) in [6, 6.07) is 2.42. The van der Waals surface area contributed by atoms with Gasteiger partial charge in [-0.3, -0.25) is 0 Å². The quantitative estimate of drug-likeness (QED) is 0.693. The van der Waals surface area contributed by atoms with Gasteiger partial charge in [-0.15, -0.1) is 6.58 Å². The van der Waals surface area contributed by atoms with Crippen molar-refractivity contribution < 1.29 is 4.42 Å². The molecule has 1 N–H and O–H groups in total. The molecule has 0 radical (unpaired) electrons. The molecule has 1 aromatic heterocycles. The van der Waals surface area contributed by atoms with Crippen molar-refractivity contribution in [3.63, 3.8) is 0 Å². The summed E-state index contributed by atoms with van der Waals surface area (Å²) < 4.78 is 5.45. The van der Waals surface area contributed by atoms with Gasteiger partial charge < -0.3 is 9.73 Å². The average molecular weight is 207 g/mol. The van der Waals surface area contributed by atoms with Crippen LogP contribution < -0.4 is 5.32 Å². The lowest BCUT2D eigenvalue weighted by molar-refractivity contribution is 0.484. The largest absolute Gasteiger partial charge is 0.469 e. The summed E-state index contributed by atoms with van der Waals surface area (Å²) in [5, 5.41) is 3.52. The lowest BCUT2D eigenvalue weighted by Gasteiger charge is -2.16. The maximum atomic E-state index is 5.45. The molecule has 1 heterocycles. The van der Waals surface area contributed by atoms with Crippen molar-refractivity contribution in [1.29, 1.82) is 0 Å². The van der Waals surface area contributed by atoms with Crippen LogP contribution in [0.2, 0.25) is 0 Å². The Kier molecular flexibility index (Phi) is 5.19. The van der Waals surface area contributed by atoms with Crippen LogP contribution in [0, 0.1) is 0 Å². The molecule has 0 aliphatic carbocycles. The summed E-state index contributed by atoms with van der Waals surface area (Å²) in [6.07, 6.45) is 6.78. The molecule has 0 spiro atoms. The van der Waals surface area contributed by atoms with E-state index < -0.39 is 0 Å². The van der Waals surface area contributed by atoms with E-state index in [2.05, 4.69) is 31.8 Å². The second-order valence-electron chi connectivity index (χ2n) is 3.68. The lowest BCUT2D eigenvalue weighted by Crippen LogP contribution is -2.22. The van der Waals surface area contributed by atoms with Crippen LogP contribution in [0.3, 0.4) is 0 Å². The molecule has 1 aromatic rings. The zero-order valence-electron chi connectivity index (χ0n) is 9.75. The highest BCUT2D eigenvalue weighted by atomic mass is 16.3. The average Bonchev–Trinajstić information content (AvgIpc) is 2.72. The Morgan fingerprint density at radius 2 is 2.33 bits per heavy atom. The van der Waals surface area contributed by atoms with Gasteiger partial charge in [0.2, 0.25) is 0 Å². The van der Waals surface area contributed by atoms with Crippen molar-refractivity contribution >= 4 is 0 Å². The van der Waals surface area contributed by atoms with Crippen LogP contribution in [-0.2, 0) is 6.42 Å². The van der Waals surface area contributed by atoms with Crippen molar-refractivity contribution in [3.8, 4) is 0 Å². The Balaban J connectivity index is 2.73. The van der Waals surface area contributed by atoms with E-state index in [1.54, 1.807) is 6.26 Å². The minimum absolute atomic E-state index is 0.358. The molecule has 2 nitrogen and oxygen atoms in total. The van der Waals surface area contributed by atoms with Crippen LogP contribution in [0.5, 0.6) is 0 Å². The van der Waals surface area contributed by atoms with Crippen LogP contribution in [0.1, 0.15) is 44.1 Å². The highest BCUT2D eigenvalue weighted by Gasteiger charge is 2.14. The first-order valence-corrected chi connectivity index (χ1v) is 5.74. The first-order valence-electron chi connectivity index (χ1n) is 5.74. The van der Waals surface area contributed by atoms with E-state index in [9.17, 15) is 0 Å². The number of rotatable bonds is 7. The smallest absolute Gasteiger partial charge is 0.108 e. The van der Waals surface area contributed by atoms with Gasteiger partial charge in [0.1, 0.15) is 5.76 Å². The Morgan fingerprint density at radius 1 is 1.53 bits per heavy atom. The molecule has 1 rings (SSSR count). The molecule has 2 heteroatoms. The van der Waals surface area contributed by atoms with Crippen LogP contribution in [0.15, 0.2) is 29.4 Å². The number of hydrogen-bond donors (Lipinski definition) is 1. The first-order chi connectivity index (χ1) is 7.33. The molecule has 1 atom stereocenters. The Hall–Kier alpha value is -1.02. The summed E-state index contributed by atoms with van der Waals surface area (Å²) in [4.78, 5) is 0. The second-order valence-corrected chi connectivity index (χ2v) is 3.68. The number of aryl methyl sites for hydroxylation is 1. The fraction of sp³-hybridized carbons (Fsp3) is 0.538. The third kappa shape index (κ3) is 3.24. The van der Waals surface area contributed by atoms with Crippen LogP contribution >= 0.6 is 0 Å². The third-order valence-electron chi connectivity index (χ3n) is 2.52. The van der Waals surface area contributed by atoms with Gasteiger partial charge in [0, 0.05) is 18.0 Å². The Morgan fingerprint density at radius 3 is 2.93 bits per heavy atom. The maximum Gasteiger partial charge on any atom is 0.108 e. The summed E-state index contributed by atoms with van der Waals surface area (Å²) in [5.41, 5.74) is 1.28. The highest BCUT2D eigenvalue weighted by molar-refractivity contribution is 5.22. The summed E-state index contributed by atoms with van der Waals surface area (Å²) in [7, 11) is 0. The van der Waals surface area contributed by atoms with Crippen LogP contribution in [0.4, 0.5) is 0 Å². The molecule has 1 unspecified atom stereocenters. The number of nitrogens with one attached hydrogen (secondary N) is 1. The van der Waals surface area contributed by atoms with E-state index in [1.807, 2.05) is 6.08 Å². The van der Waals surface area contributed by atoms with Gasteiger partial charge in [-0.25, -0.2) is 0 Å². The Labute approximate surface area is 92.4 Å². The molecular weight excluding hydrogens is 186 g/mol. The normalized spacial score (nSPS) is 12.7. The molecule has 15 heavy (non-hydrogen) atoms. The van der Waals surface area contributed by atoms with Crippen molar-refractivity contribution in [2.24, 2.45) is 0 Å². The van der Waals surface area contributed by atoms with Crippen molar-refractivity contribution in [3.05, 3.63) is 36.3 Å². The van der Waals surface area contributed by atoms with Gasteiger partial charge in [-0.05, 0) is 25.5 Å². The van der Waals surface area contributed by atoms with E-state index >= 15 is 0 Å². The van der Waals surface area contributed by atoms with Gasteiger partial charge in [0.15, 0.2) is 0 Å². The van der Waals surface area contributed by atoms with Gasteiger partial charge in [-0.2, -0.15) is 0 Å². The maximum absolute atomic E-state index is 5.45. The van der Waals surface area contributed by atoms with Crippen LogP contribution in [-0.4, -0.2) is 6.54 Å². The zero-order valence-corrected chi connectivity index (χ0v) is 9.75. The summed E-state index contributed by atoms with van der Waals surface area (Å²) in [5.74, 6) is 1.09. The van der Waals surface area contributed by atoms with E-state index in [4.69, 9.17) is 4.42 Å². The van der Waals surface area contributed by atoms with Gasteiger partial charge in [0.25, 0.3) is 0 Å². The van der Waals surface area contributed by atoms with E-state index in [0.717, 1.165) is 31.6 Å². The van der Waals surface area contributed by atoms with Crippen molar-refractivity contribution in [2.45, 2.75) is 39.2 Å². The molecule has 0 aliphatic heterocycles. The van der Waals surface area contributed by atoms with Gasteiger partial charge in [0.05, 0.1) is 6.26 Å². The summed E-state index contributed by atoms with van der Waals surface area (Å²) in [6.45, 7) is 9.13. The Bertz CT molecular complexity index is 290. The SMILES string of the molecule is C=CCC(NCCC)c1ccoc1CC. The predicted molar refractivity (Wildman–Crippen MR) is 63.9 cm³/mol. The zero-order chi connectivity index (χ0) is 11.1. The molecule has 0 saturated heterocycles. The minimum Gasteiger partial charge on any atom is -0.469 e. The van der Waals surface area contributed by atoms with Gasteiger partial charge in [-0.1, -0.05) is 19.9 Å². The lowest BCUT2D eigenvalue weighted by atomic mass is 10.0. The molecule has 0 aliphatic rings. The molecule has 0 aromatic carbocycles. The topological polar surface area (TPSA) is 25.2 Å². The van der Waals surface area contributed by atoms with Crippen molar-refractivity contribution in [2.75, 3.05) is 6.54 Å². The fourth-order valence-electron chi connectivity index (χ4n) is 1.75. The number of hydrogen-bond acceptors (Lipinski definition) is 2. The predicted octanol–water partition coefficient (Wildman–Crippen LogP) is 3.46. The first kappa shape index (κ1) is 12.1. The second kappa shape index (κ2) is 6.46. The standard InChI is InChI=1S/C13H21NO/c1-4-7-12(14-9-5-2)11-8-10-15-13(11)6-3/h4,8,10,12,14H,1,5-7,9H2,2-3H3. The van der Waals surface area contributed by atoms with Crippen molar-refractivity contribution in [1.82, 2.24) is 5.32 Å². The minimum atomic E-state index is 0.358. The molecular formula is C13H21NO. The van der Waals surface area contributed by atoms with Gasteiger partial charge >= 0.3 is 0 Å². The summed E-state index contributed by atoms with van der Waals surface area (Å²) >= 11 is 0. The molecule has 0 amide bonds. The molecule has 0 bridgehead atoms.